The van der Waals surface area contributed by atoms with Crippen molar-refractivity contribution in [2.24, 2.45) is 0 Å². The molecule has 0 radical (unpaired) electrons. The number of aromatic nitrogens is 2. The number of nitrogen functional groups attached to an aromatic ring is 1. The van der Waals surface area contributed by atoms with Crippen LogP contribution in [-0.2, 0) is 6.42 Å². The fourth-order valence-corrected chi connectivity index (χ4v) is 1.60. The molecule has 0 aliphatic rings. The van der Waals surface area contributed by atoms with Gasteiger partial charge in [-0.15, -0.1) is 0 Å². The van der Waals surface area contributed by atoms with Crippen LogP contribution in [0.5, 0.6) is 0 Å². The minimum absolute atomic E-state index is 0.342. The molecule has 1 rings (SSSR count). The highest BCUT2D eigenvalue weighted by molar-refractivity contribution is 5.44. The standard InChI is InChI=1S/C12H22N4O/c1-3-5-9(17)8-14-12-7-10(13)15-11(16-12)6-4-2/h7,9,17H,3-6,8H2,1-2H3,(H3,13,14,15,16). The second-order valence-corrected chi connectivity index (χ2v) is 4.17. The van der Waals surface area contributed by atoms with Crippen LogP contribution in [0, 0.1) is 0 Å². The normalized spacial score (nSPS) is 12.4. The summed E-state index contributed by atoms with van der Waals surface area (Å²) in [4.78, 5) is 8.49. The van der Waals surface area contributed by atoms with Crippen LogP contribution < -0.4 is 11.1 Å². The monoisotopic (exact) mass is 238 g/mol. The van der Waals surface area contributed by atoms with Crippen LogP contribution in [0.2, 0.25) is 0 Å². The smallest absolute Gasteiger partial charge is 0.133 e. The predicted molar refractivity (Wildman–Crippen MR) is 69.8 cm³/mol. The van der Waals surface area contributed by atoms with E-state index in [1.165, 1.54) is 0 Å². The number of hydrogen-bond acceptors (Lipinski definition) is 5. The van der Waals surface area contributed by atoms with Gasteiger partial charge in [0.15, 0.2) is 0 Å². The second-order valence-electron chi connectivity index (χ2n) is 4.17. The van der Waals surface area contributed by atoms with Gasteiger partial charge in [0.1, 0.15) is 17.5 Å². The number of nitrogens with two attached hydrogens (primary N) is 1. The Morgan fingerprint density at radius 1 is 1.35 bits per heavy atom. The first-order valence-electron chi connectivity index (χ1n) is 6.21. The summed E-state index contributed by atoms with van der Waals surface area (Å²) in [6.45, 7) is 4.62. The zero-order chi connectivity index (χ0) is 12.7. The Kier molecular flexibility index (Phi) is 5.69. The van der Waals surface area contributed by atoms with E-state index in [0.29, 0.717) is 18.2 Å². The number of hydrogen-bond donors (Lipinski definition) is 3. The van der Waals surface area contributed by atoms with Crippen LogP contribution in [0.4, 0.5) is 11.6 Å². The molecule has 0 spiro atoms. The van der Waals surface area contributed by atoms with Crippen molar-refractivity contribution in [2.75, 3.05) is 17.6 Å². The van der Waals surface area contributed by atoms with E-state index < -0.39 is 0 Å². The zero-order valence-corrected chi connectivity index (χ0v) is 10.6. The summed E-state index contributed by atoms with van der Waals surface area (Å²) in [5.41, 5.74) is 5.70. The van der Waals surface area contributed by atoms with Gasteiger partial charge in [0.25, 0.3) is 0 Å². The molecule has 1 unspecified atom stereocenters. The number of nitrogens with one attached hydrogen (secondary N) is 1. The number of nitrogens with zero attached hydrogens (tertiary/aromatic N) is 2. The lowest BCUT2D eigenvalue weighted by Gasteiger charge is -2.12. The number of aliphatic hydroxyl groups excluding tert-OH is 1. The maximum Gasteiger partial charge on any atom is 0.133 e. The van der Waals surface area contributed by atoms with E-state index in [0.717, 1.165) is 31.5 Å². The summed E-state index contributed by atoms with van der Waals surface area (Å²) in [5, 5.41) is 12.7. The fourth-order valence-electron chi connectivity index (χ4n) is 1.60. The van der Waals surface area contributed by atoms with Gasteiger partial charge in [0, 0.05) is 19.0 Å². The van der Waals surface area contributed by atoms with Crippen molar-refractivity contribution in [3.63, 3.8) is 0 Å². The van der Waals surface area contributed by atoms with E-state index in [1.807, 2.05) is 6.92 Å². The molecular weight excluding hydrogens is 216 g/mol. The summed E-state index contributed by atoms with van der Waals surface area (Å²) in [6.07, 6.45) is 3.22. The van der Waals surface area contributed by atoms with Crippen LogP contribution in [0.15, 0.2) is 6.07 Å². The molecule has 0 saturated carbocycles. The van der Waals surface area contributed by atoms with Crippen molar-refractivity contribution in [3.8, 4) is 0 Å². The van der Waals surface area contributed by atoms with Crippen molar-refractivity contribution in [2.45, 2.75) is 45.6 Å². The Hall–Kier alpha value is -1.36. The van der Waals surface area contributed by atoms with Gasteiger partial charge in [-0.3, -0.25) is 0 Å². The van der Waals surface area contributed by atoms with Crippen LogP contribution >= 0.6 is 0 Å². The van der Waals surface area contributed by atoms with Crippen molar-refractivity contribution in [1.82, 2.24) is 9.97 Å². The van der Waals surface area contributed by atoms with E-state index in [-0.39, 0.29) is 6.10 Å². The van der Waals surface area contributed by atoms with Gasteiger partial charge in [0.2, 0.25) is 0 Å². The van der Waals surface area contributed by atoms with Gasteiger partial charge in [0.05, 0.1) is 6.10 Å². The molecule has 4 N–H and O–H groups in total. The average Bonchev–Trinajstić information content (AvgIpc) is 2.26. The molecule has 1 atom stereocenters. The maximum absolute atomic E-state index is 9.62. The fraction of sp³-hybridized carbons (Fsp3) is 0.667. The van der Waals surface area contributed by atoms with Gasteiger partial charge in [-0.2, -0.15) is 0 Å². The van der Waals surface area contributed by atoms with Crippen molar-refractivity contribution < 1.29 is 5.11 Å². The van der Waals surface area contributed by atoms with Crippen molar-refractivity contribution in [1.29, 1.82) is 0 Å². The van der Waals surface area contributed by atoms with Gasteiger partial charge >= 0.3 is 0 Å². The molecule has 0 aliphatic carbocycles. The predicted octanol–water partition coefficient (Wildman–Crippen LogP) is 1.58. The quantitative estimate of drug-likeness (QED) is 0.671. The second kappa shape index (κ2) is 7.06. The number of rotatable bonds is 7. The Balaban J connectivity index is 2.57. The number of aliphatic hydroxyl groups is 1. The molecule has 0 aromatic carbocycles. The molecule has 0 saturated heterocycles. The molecule has 0 amide bonds. The average molecular weight is 238 g/mol. The summed E-state index contributed by atoms with van der Waals surface area (Å²) >= 11 is 0. The van der Waals surface area contributed by atoms with Crippen LogP contribution in [0.3, 0.4) is 0 Å². The van der Waals surface area contributed by atoms with Gasteiger partial charge in [-0.1, -0.05) is 20.3 Å². The Morgan fingerprint density at radius 2 is 2.12 bits per heavy atom. The van der Waals surface area contributed by atoms with Crippen LogP contribution in [0.1, 0.15) is 38.9 Å². The van der Waals surface area contributed by atoms with E-state index >= 15 is 0 Å². The Bertz CT molecular complexity index is 343. The molecule has 96 valence electrons. The van der Waals surface area contributed by atoms with Crippen molar-refractivity contribution in [3.05, 3.63) is 11.9 Å². The first-order chi connectivity index (χ1) is 8.15. The minimum Gasteiger partial charge on any atom is -0.391 e. The molecule has 17 heavy (non-hydrogen) atoms. The summed E-state index contributed by atoms with van der Waals surface area (Å²) in [7, 11) is 0. The Morgan fingerprint density at radius 3 is 2.76 bits per heavy atom. The molecule has 1 aromatic rings. The highest BCUT2D eigenvalue weighted by Gasteiger charge is 2.05. The third-order valence-electron chi connectivity index (χ3n) is 2.41. The topological polar surface area (TPSA) is 84.1 Å². The lowest BCUT2D eigenvalue weighted by molar-refractivity contribution is 0.176. The molecule has 1 heterocycles. The van der Waals surface area contributed by atoms with Crippen LogP contribution in [0.25, 0.3) is 0 Å². The SMILES string of the molecule is CCCc1nc(N)cc(NCC(O)CCC)n1. The lowest BCUT2D eigenvalue weighted by atomic mass is 10.2. The minimum atomic E-state index is -0.342. The number of aryl methyl sites for hydroxylation is 1. The maximum atomic E-state index is 9.62. The van der Waals surface area contributed by atoms with Crippen molar-refractivity contribution >= 4 is 11.6 Å². The van der Waals surface area contributed by atoms with Gasteiger partial charge < -0.3 is 16.2 Å². The van der Waals surface area contributed by atoms with E-state index in [4.69, 9.17) is 5.73 Å². The summed E-state index contributed by atoms with van der Waals surface area (Å²) in [5.74, 6) is 1.91. The molecule has 0 aliphatic heterocycles. The third kappa shape index (κ3) is 4.99. The van der Waals surface area contributed by atoms with E-state index in [2.05, 4.69) is 22.2 Å². The summed E-state index contributed by atoms with van der Waals surface area (Å²) < 4.78 is 0. The third-order valence-corrected chi connectivity index (χ3v) is 2.41. The molecular formula is C12H22N4O. The zero-order valence-electron chi connectivity index (χ0n) is 10.6. The molecule has 1 aromatic heterocycles. The number of anilines is 2. The summed E-state index contributed by atoms with van der Waals surface area (Å²) in [6, 6.07) is 1.69. The van der Waals surface area contributed by atoms with E-state index in [1.54, 1.807) is 6.07 Å². The van der Waals surface area contributed by atoms with Crippen LogP contribution in [-0.4, -0.2) is 27.7 Å². The Labute approximate surface area is 102 Å². The lowest BCUT2D eigenvalue weighted by Crippen LogP contribution is -2.20. The van der Waals surface area contributed by atoms with E-state index in [9.17, 15) is 5.11 Å². The first-order valence-corrected chi connectivity index (χ1v) is 6.21. The molecule has 0 bridgehead atoms. The van der Waals surface area contributed by atoms with Gasteiger partial charge in [-0.25, -0.2) is 9.97 Å². The largest absolute Gasteiger partial charge is 0.391 e. The first kappa shape index (κ1) is 13.7. The highest BCUT2D eigenvalue weighted by atomic mass is 16.3. The molecule has 0 fully saturated rings. The van der Waals surface area contributed by atoms with Gasteiger partial charge in [-0.05, 0) is 12.8 Å². The molecule has 5 heteroatoms. The molecule has 5 nitrogen and oxygen atoms in total. The highest BCUT2D eigenvalue weighted by Crippen LogP contribution is 2.10.